The van der Waals surface area contributed by atoms with Crippen LogP contribution in [0.3, 0.4) is 0 Å². The fraction of sp³-hybridized carbons (Fsp3) is 0.545. The summed E-state index contributed by atoms with van der Waals surface area (Å²) in [5, 5.41) is 54.9. The molecule has 0 aliphatic carbocycles. The molecular weight excluding hydrogens is 284 g/mol. The zero-order valence-electron chi connectivity index (χ0n) is 11.1. The van der Waals surface area contributed by atoms with Crippen LogP contribution in [0.2, 0.25) is 0 Å². The van der Waals surface area contributed by atoms with Gasteiger partial charge in [-0.3, -0.25) is 14.2 Å². The molecule has 0 unspecified atom stereocenters. The second kappa shape index (κ2) is 5.87. The van der Waals surface area contributed by atoms with Crippen molar-refractivity contribution in [1.29, 1.82) is 0 Å². The van der Waals surface area contributed by atoms with E-state index in [1.807, 2.05) is 0 Å². The number of aromatic amines is 1. The molecule has 10 heteroatoms. The highest BCUT2D eigenvalue weighted by Crippen LogP contribution is 2.19. The molecule has 2 rings (SSSR count). The van der Waals surface area contributed by atoms with E-state index in [1.54, 1.807) is 6.92 Å². The summed E-state index contributed by atoms with van der Waals surface area (Å²) >= 11 is 0. The molecule has 10 nitrogen and oxygen atoms in total. The van der Waals surface area contributed by atoms with E-state index in [2.05, 4.69) is 15.2 Å². The molecule has 0 aliphatic heterocycles. The molecule has 2 aromatic rings. The van der Waals surface area contributed by atoms with Gasteiger partial charge < -0.3 is 25.5 Å². The van der Waals surface area contributed by atoms with Crippen molar-refractivity contribution in [2.45, 2.75) is 31.3 Å². The van der Waals surface area contributed by atoms with Crippen molar-refractivity contribution in [3.8, 4) is 0 Å². The lowest BCUT2D eigenvalue weighted by Gasteiger charge is -2.24. The third-order valence-electron chi connectivity index (χ3n) is 3.14. The Morgan fingerprint density at radius 3 is 2.52 bits per heavy atom. The number of nitrogens with one attached hydrogen (secondary N) is 1. The molecule has 0 aliphatic rings. The first-order chi connectivity index (χ1) is 9.86. The van der Waals surface area contributed by atoms with Crippen LogP contribution in [0.15, 0.2) is 10.9 Å². The quantitative estimate of drug-likeness (QED) is 0.336. The van der Waals surface area contributed by atoms with Gasteiger partial charge >= 0.3 is 0 Å². The summed E-state index contributed by atoms with van der Waals surface area (Å²) in [5.74, 6) is -0.0473. The average Bonchev–Trinajstić information content (AvgIpc) is 2.87. The molecule has 21 heavy (non-hydrogen) atoms. The lowest BCUT2D eigenvalue weighted by molar-refractivity contribution is -0.118. The van der Waals surface area contributed by atoms with Crippen molar-refractivity contribution in [1.82, 2.24) is 19.6 Å². The fourth-order valence-corrected chi connectivity index (χ4v) is 1.99. The highest BCUT2D eigenvalue weighted by atomic mass is 16.4. The summed E-state index contributed by atoms with van der Waals surface area (Å²) < 4.78 is 1.30. The normalized spacial score (nSPS) is 17.6. The SMILES string of the molecule is Cc1cc(=O)[nH]c2nnc([C@H](O)[C@@H](O)[C@H](O)[C@H](O)CO)n12. The van der Waals surface area contributed by atoms with Gasteiger partial charge in [-0.15, -0.1) is 10.2 Å². The largest absolute Gasteiger partial charge is 0.394 e. The maximum atomic E-state index is 11.3. The van der Waals surface area contributed by atoms with E-state index in [0.29, 0.717) is 5.69 Å². The number of rotatable bonds is 5. The fourth-order valence-electron chi connectivity index (χ4n) is 1.99. The van der Waals surface area contributed by atoms with Gasteiger partial charge in [0, 0.05) is 11.8 Å². The molecule has 4 atom stereocenters. The van der Waals surface area contributed by atoms with E-state index >= 15 is 0 Å². The van der Waals surface area contributed by atoms with Crippen LogP contribution in [0.5, 0.6) is 0 Å². The summed E-state index contributed by atoms with van der Waals surface area (Å²) in [7, 11) is 0. The van der Waals surface area contributed by atoms with Crippen molar-refractivity contribution in [2.75, 3.05) is 6.61 Å². The van der Waals surface area contributed by atoms with E-state index < -0.39 is 36.6 Å². The highest BCUT2D eigenvalue weighted by Gasteiger charge is 2.33. The Labute approximate surface area is 117 Å². The molecular formula is C11H16N4O6. The number of fused-ring (bicyclic) bond motifs is 1. The Bertz CT molecular complexity index is 683. The first-order valence-electron chi connectivity index (χ1n) is 6.15. The Balaban J connectivity index is 2.40. The summed E-state index contributed by atoms with van der Waals surface area (Å²) in [6, 6.07) is 1.25. The van der Waals surface area contributed by atoms with Crippen LogP contribution in [-0.4, -0.2) is 70.0 Å². The minimum Gasteiger partial charge on any atom is -0.394 e. The number of nitrogens with zero attached hydrogens (tertiary/aromatic N) is 3. The monoisotopic (exact) mass is 300 g/mol. The molecule has 0 amide bonds. The van der Waals surface area contributed by atoms with Gasteiger partial charge in [-0.1, -0.05) is 0 Å². The predicted molar refractivity (Wildman–Crippen MR) is 68.4 cm³/mol. The van der Waals surface area contributed by atoms with Crippen LogP contribution in [-0.2, 0) is 0 Å². The zero-order chi connectivity index (χ0) is 15.7. The second-order valence-corrected chi connectivity index (χ2v) is 4.67. The van der Waals surface area contributed by atoms with E-state index in [1.165, 1.54) is 10.5 Å². The molecule has 0 saturated heterocycles. The first-order valence-corrected chi connectivity index (χ1v) is 6.15. The molecule has 6 N–H and O–H groups in total. The number of hydrogen-bond acceptors (Lipinski definition) is 8. The van der Waals surface area contributed by atoms with Crippen molar-refractivity contribution in [2.24, 2.45) is 0 Å². The van der Waals surface area contributed by atoms with E-state index in [9.17, 15) is 25.2 Å². The molecule has 2 aromatic heterocycles. The van der Waals surface area contributed by atoms with Gasteiger partial charge in [0.15, 0.2) is 5.82 Å². The van der Waals surface area contributed by atoms with Crippen molar-refractivity contribution < 1.29 is 25.5 Å². The molecule has 0 radical (unpaired) electrons. The van der Waals surface area contributed by atoms with E-state index in [4.69, 9.17) is 5.11 Å². The number of aliphatic hydroxyl groups excluding tert-OH is 5. The maximum Gasteiger partial charge on any atom is 0.252 e. The smallest absolute Gasteiger partial charge is 0.252 e. The Hall–Kier alpha value is -1.85. The Morgan fingerprint density at radius 1 is 1.24 bits per heavy atom. The van der Waals surface area contributed by atoms with Gasteiger partial charge in [0.2, 0.25) is 5.78 Å². The van der Waals surface area contributed by atoms with Gasteiger partial charge in [-0.05, 0) is 6.92 Å². The molecule has 116 valence electrons. The molecule has 0 fully saturated rings. The highest BCUT2D eigenvalue weighted by molar-refractivity contribution is 5.30. The van der Waals surface area contributed by atoms with Gasteiger partial charge in [-0.2, -0.15) is 0 Å². The lowest BCUT2D eigenvalue weighted by Crippen LogP contribution is -2.43. The number of aryl methyl sites for hydroxylation is 1. The predicted octanol–water partition coefficient (Wildman–Crippen LogP) is -3.17. The van der Waals surface area contributed by atoms with Crippen molar-refractivity contribution in [3.63, 3.8) is 0 Å². The second-order valence-electron chi connectivity index (χ2n) is 4.67. The third-order valence-corrected chi connectivity index (χ3v) is 3.14. The van der Waals surface area contributed by atoms with Crippen LogP contribution in [0.4, 0.5) is 0 Å². The minimum absolute atomic E-state index is 0.0680. The molecule has 0 saturated carbocycles. The topological polar surface area (TPSA) is 164 Å². The minimum atomic E-state index is -1.80. The van der Waals surface area contributed by atoms with Crippen LogP contribution < -0.4 is 5.56 Å². The number of H-pyrrole nitrogens is 1. The van der Waals surface area contributed by atoms with Gasteiger partial charge in [0.05, 0.1) is 6.61 Å². The molecule has 0 spiro atoms. The van der Waals surface area contributed by atoms with Crippen molar-refractivity contribution >= 4 is 5.78 Å². The van der Waals surface area contributed by atoms with Crippen LogP contribution in [0.25, 0.3) is 5.78 Å². The first kappa shape index (κ1) is 15.5. The van der Waals surface area contributed by atoms with Crippen LogP contribution >= 0.6 is 0 Å². The summed E-state index contributed by atoms with van der Waals surface area (Å²) in [5.41, 5.74) is 0.0157. The maximum absolute atomic E-state index is 11.3. The lowest BCUT2D eigenvalue weighted by atomic mass is 10.0. The van der Waals surface area contributed by atoms with Crippen LogP contribution in [0.1, 0.15) is 17.6 Å². The standard InChI is InChI=1S/C11H16N4O6/c1-4-2-6(18)12-11-14-13-10(15(4)11)9(21)8(20)7(19)5(17)3-16/h2,5,7-9,16-17,19-21H,3H2,1H3,(H,12,14,18)/t5-,7-,8+,9-/m1/s1. The van der Waals surface area contributed by atoms with Gasteiger partial charge in [-0.25, -0.2) is 0 Å². The summed E-state index contributed by atoms with van der Waals surface area (Å²) in [6.07, 6.45) is -6.87. The third kappa shape index (κ3) is 2.80. The average molecular weight is 300 g/mol. The Morgan fingerprint density at radius 2 is 1.90 bits per heavy atom. The van der Waals surface area contributed by atoms with E-state index in [-0.39, 0.29) is 11.6 Å². The number of hydrogen-bond donors (Lipinski definition) is 6. The molecule has 2 heterocycles. The summed E-state index contributed by atoms with van der Waals surface area (Å²) in [4.78, 5) is 13.7. The molecule has 0 bridgehead atoms. The zero-order valence-corrected chi connectivity index (χ0v) is 11.1. The van der Waals surface area contributed by atoms with Gasteiger partial charge in [0.25, 0.3) is 5.56 Å². The van der Waals surface area contributed by atoms with Crippen LogP contribution in [0, 0.1) is 6.92 Å². The van der Waals surface area contributed by atoms with Crippen molar-refractivity contribution in [3.05, 3.63) is 27.9 Å². The summed E-state index contributed by atoms with van der Waals surface area (Å²) in [6.45, 7) is 0.797. The Kier molecular flexibility index (Phi) is 4.34. The van der Waals surface area contributed by atoms with Gasteiger partial charge in [0.1, 0.15) is 24.4 Å². The molecule has 0 aromatic carbocycles. The number of aliphatic hydroxyl groups is 5. The number of aromatic nitrogens is 4. The van der Waals surface area contributed by atoms with E-state index in [0.717, 1.165) is 0 Å².